The molecule has 0 aromatic heterocycles. The van der Waals surface area contributed by atoms with Crippen molar-refractivity contribution in [2.24, 2.45) is 0 Å². The van der Waals surface area contributed by atoms with Crippen LogP contribution in [0.5, 0.6) is 0 Å². The first kappa shape index (κ1) is 17.3. The zero-order valence-electron chi connectivity index (χ0n) is 14.4. The van der Waals surface area contributed by atoms with Crippen molar-refractivity contribution in [1.82, 2.24) is 15.1 Å². The molecule has 2 aliphatic heterocycles. The SMILES string of the molecule is CC(C)(CNC(=O)CN1CCSC1=O)N1CCc2ccccc2C1. The number of nitrogens with one attached hydrogen (secondary N) is 1. The van der Waals surface area contributed by atoms with Gasteiger partial charge >= 0.3 is 0 Å². The normalized spacial score (nSPS) is 18.6. The first-order valence-corrected chi connectivity index (χ1v) is 9.44. The van der Waals surface area contributed by atoms with E-state index in [-0.39, 0.29) is 23.2 Å². The van der Waals surface area contributed by atoms with Gasteiger partial charge < -0.3 is 10.2 Å². The van der Waals surface area contributed by atoms with Gasteiger partial charge in [0, 0.05) is 37.5 Å². The zero-order valence-corrected chi connectivity index (χ0v) is 15.2. The van der Waals surface area contributed by atoms with Crippen molar-refractivity contribution in [3.05, 3.63) is 35.4 Å². The molecule has 0 radical (unpaired) electrons. The van der Waals surface area contributed by atoms with Crippen LogP contribution in [0.3, 0.4) is 0 Å². The number of thioether (sulfide) groups is 1. The van der Waals surface area contributed by atoms with E-state index in [9.17, 15) is 9.59 Å². The minimum atomic E-state index is -0.118. The molecule has 0 aliphatic carbocycles. The van der Waals surface area contributed by atoms with Gasteiger partial charge in [-0.15, -0.1) is 0 Å². The van der Waals surface area contributed by atoms with E-state index >= 15 is 0 Å². The van der Waals surface area contributed by atoms with Gasteiger partial charge in [0.25, 0.3) is 5.24 Å². The first-order valence-electron chi connectivity index (χ1n) is 8.46. The molecule has 1 saturated heterocycles. The third kappa shape index (κ3) is 3.92. The second-order valence-corrected chi connectivity index (χ2v) is 8.11. The molecule has 0 bridgehead atoms. The fraction of sp³-hybridized carbons (Fsp3) is 0.556. The molecule has 130 valence electrons. The Hall–Kier alpha value is -1.53. The van der Waals surface area contributed by atoms with Gasteiger partial charge in [-0.25, -0.2) is 0 Å². The van der Waals surface area contributed by atoms with Gasteiger partial charge in [0.05, 0.1) is 0 Å². The van der Waals surface area contributed by atoms with E-state index in [1.165, 1.54) is 22.9 Å². The molecule has 0 spiro atoms. The standard InChI is InChI=1S/C18H25N3O2S/c1-18(2,13-19-16(22)12-20-9-10-24-17(20)23)21-8-7-14-5-3-4-6-15(14)11-21/h3-6H,7-13H2,1-2H3,(H,19,22). The monoisotopic (exact) mass is 347 g/mol. The van der Waals surface area contributed by atoms with Crippen LogP contribution in [0.4, 0.5) is 4.79 Å². The number of fused-ring (bicyclic) bond motifs is 1. The number of rotatable bonds is 5. The molecule has 3 rings (SSSR count). The summed E-state index contributed by atoms with van der Waals surface area (Å²) in [7, 11) is 0. The topological polar surface area (TPSA) is 52.7 Å². The first-order chi connectivity index (χ1) is 11.5. The number of carbonyl (C=O) groups excluding carboxylic acids is 2. The molecule has 1 N–H and O–H groups in total. The smallest absolute Gasteiger partial charge is 0.282 e. The Morgan fingerprint density at radius 2 is 2.00 bits per heavy atom. The number of carbonyl (C=O) groups is 2. The van der Waals surface area contributed by atoms with E-state index in [1.807, 2.05) is 0 Å². The lowest BCUT2D eigenvalue weighted by Gasteiger charge is -2.41. The van der Waals surface area contributed by atoms with Crippen molar-refractivity contribution >= 4 is 22.9 Å². The highest BCUT2D eigenvalue weighted by atomic mass is 32.2. The number of benzene rings is 1. The molecule has 0 saturated carbocycles. The molecule has 5 nitrogen and oxygen atoms in total. The summed E-state index contributed by atoms with van der Waals surface area (Å²) in [4.78, 5) is 27.8. The zero-order chi connectivity index (χ0) is 17.2. The quantitative estimate of drug-likeness (QED) is 0.886. The van der Waals surface area contributed by atoms with Gasteiger partial charge in [-0.3, -0.25) is 14.5 Å². The van der Waals surface area contributed by atoms with Gasteiger partial charge in [0.1, 0.15) is 6.54 Å². The molecular weight excluding hydrogens is 322 g/mol. The molecule has 2 heterocycles. The summed E-state index contributed by atoms with van der Waals surface area (Å²) in [6.07, 6.45) is 1.05. The van der Waals surface area contributed by atoms with Crippen molar-refractivity contribution in [1.29, 1.82) is 0 Å². The van der Waals surface area contributed by atoms with Crippen LogP contribution < -0.4 is 5.32 Å². The Morgan fingerprint density at radius 3 is 2.71 bits per heavy atom. The molecule has 1 fully saturated rings. The third-order valence-corrected chi connectivity index (χ3v) is 5.78. The summed E-state index contributed by atoms with van der Waals surface area (Å²) in [6, 6.07) is 8.57. The van der Waals surface area contributed by atoms with Crippen molar-refractivity contribution in [2.75, 3.05) is 31.9 Å². The van der Waals surface area contributed by atoms with Crippen LogP contribution >= 0.6 is 11.8 Å². The summed E-state index contributed by atoms with van der Waals surface area (Å²) in [6.45, 7) is 7.68. The summed E-state index contributed by atoms with van der Waals surface area (Å²) < 4.78 is 0. The minimum absolute atomic E-state index is 0.0112. The van der Waals surface area contributed by atoms with Gasteiger partial charge in [-0.2, -0.15) is 0 Å². The molecular formula is C18H25N3O2S. The highest BCUT2D eigenvalue weighted by Crippen LogP contribution is 2.25. The number of amides is 2. The Bertz CT molecular complexity index is 632. The highest BCUT2D eigenvalue weighted by molar-refractivity contribution is 8.13. The maximum Gasteiger partial charge on any atom is 0.282 e. The number of nitrogens with zero attached hydrogens (tertiary/aromatic N) is 2. The van der Waals surface area contributed by atoms with Crippen LogP contribution in [0.1, 0.15) is 25.0 Å². The van der Waals surface area contributed by atoms with E-state index in [2.05, 4.69) is 48.3 Å². The van der Waals surface area contributed by atoms with Crippen LogP contribution in [0.25, 0.3) is 0 Å². The lowest BCUT2D eigenvalue weighted by atomic mass is 9.94. The van der Waals surface area contributed by atoms with Crippen LogP contribution in [-0.2, 0) is 17.8 Å². The predicted octanol–water partition coefficient (Wildman–Crippen LogP) is 2.11. The molecule has 0 unspecified atom stereocenters. The third-order valence-electron chi connectivity index (χ3n) is 4.88. The fourth-order valence-corrected chi connectivity index (χ4v) is 4.06. The molecule has 1 aromatic rings. The maximum absolute atomic E-state index is 12.1. The minimum Gasteiger partial charge on any atom is -0.353 e. The summed E-state index contributed by atoms with van der Waals surface area (Å²) in [5.74, 6) is 0.710. The van der Waals surface area contributed by atoms with E-state index in [0.29, 0.717) is 13.1 Å². The summed E-state index contributed by atoms with van der Waals surface area (Å²) in [5.41, 5.74) is 2.69. The van der Waals surface area contributed by atoms with Crippen LogP contribution in [0.15, 0.2) is 24.3 Å². The van der Waals surface area contributed by atoms with Crippen molar-refractivity contribution in [3.8, 4) is 0 Å². The van der Waals surface area contributed by atoms with Crippen molar-refractivity contribution in [2.45, 2.75) is 32.4 Å². The van der Waals surface area contributed by atoms with Gasteiger partial charge in [-0.05, 0) is 31.4 Å². The van der Waals surface area contributed by atoms with E-state index in [4.69, 9.17) is 0 Å². The Labute approximate surface area is 147 Å². The lowest BCUT2D eigenvalue weighted by molar-refractivity contribution is -0.122. The second kappa shape index (κ2) is 7.15. The second-order valence-electron chi connectivity index (χ2n) is 7.07. The summed E-state index contributed by atoms with van der Waals surface area (Å²) >= 11 is 1.29. The van der Waals surface area contributed by atoms with Crippen LogP contribution in [0, 0.1) is 0 Å². The highest BCUT2D eigenvalue weighted by Gasteiger charge is 2.30. The van der Waals surface area contributed by atoms with Gasteiger partial charge in [-0.1, -0.05) is 36.0 Å². The summed E-state index contributed by atoms with van der Waals surface area (Å²) in [5, 5.41) is 3.02. The van der Waals surface area contributed by atoms with Gasteiger partial charge in [0.2, 0.25) is 5.91 Å². The molecule has 0 atom stereocenters. The van der Waals surface area contributed by atoms with E-state index in [0.717, 1.165) is 25.3 Å². The molecule has 1 aromatic carbocycles. The van der Waals surface area contributed by atoms with Crippen LogP contribution in [0.2, 0.25) is 0 Å². The largest absolute Gasteiger partial charge is 0.353 e. The number of hydrogen-bond acceptors (Lipinski definition) is 4. The van der Waals surface area contributed by atoms with Crippen molar-refractivity contribution < 1.29 is 9.59 Å². The van der Waals surface area contributed by atoms with Gasteiger partial charge in [0.15, 0.2) is 0 Å². The number of hydrogen-bond donors (Lipinski definition) is 1. The Kier molecular flexibility index (Phi) is 5.15. The van der Waals surface area contributed by atoms with Crippen LogP contribution in [-0.4, -0.2) is 58.4 Å². The van der Waals surface area contributed by atoms with Crippen molar-refractivity contribution in [3.63, 3.8) is 0 Å². The maximum atomic E-state index is 12.1. The fourth-order valence-electron chi connectivity index (χ4n) is 3.24. The average Bonchev–Trinajstić information content (AvgIpc) is 2.97. The molecule has 2 amide bonds. The van der Waals surface area contributed by atoms with E-state index in [1.54, 1.807) is 4.90 Å². The Balaban J connectivity index is 1.52. The van der Waals surface area contributed by atoms with E-state index < -0.39 is 0 Å². The molecule has 24 heavy (non-hydrogen) atoms. The Morgan fingerprint density at radius 1 is 1.25 bits per heavy atom. The molecule has 6 heteroatoms. The predicted molar refractivity (Wildman–Crippen MR) is 97.1 cm³/mol. The lowest BCUT2D eigenvalue weighted by Crippen LogP contribution is -2.54. The molecule has 2 aliphatic rings. The average molecular weight is 347 g/mol.